The van der Waals surface area contributed by atoms with Crippen molar-refractivity contribution in [3.05, 3.63) is 46.1 Å². The van der Waals surface area contributed by atoms with Gasteiger partial charge in [0.05, 0.1) is 18.8 Å². The number of methoxy groups -OCH3 is 1. The average Bonchev–Trinajstić information content (AvgIpc) is 2.76. The number of hydrogen-bond donors (Lipinski definition) is 5. The van der Waals surface area contributed by atoms with Gasteiger partial charge in [-0.1, -0.05) is 0 Å². The molecule has 0 radical (unpaired) electrons. The highest BCUT2D eigenvalue weighted by Crippen LogP contribution is 2.43. The third kappa shape index (κ3) is 3.34. The van der Waals surface area contributed by atoms with Crippen LogP contribution in [0.5, 0.6) is 23.0 Å². The van der Waals surface area contributed by atoms with Gasteiger partial charge in [-0.15, -0.1) is 0 Å². The lowest BCUT2D eigenvalue weighted by molar-refractivity contribution is -0.180. The molecule has 1 fully saturated rings. The van der Waals surface area contributed by atoms with E-state index in [1.54, 1.807) is 0 Å². The zero-order chi connectivity index (χ0) is 23.3. The third-order valence-electron chi connectivity index (χ3n) is 5.42. The van der Waals surface area contributed by atoms with Gasteiger partial charge in [-0.25, -0.2) is 0 Å². The largest absolute Gasteiger partial charge is 0.507 e. The molecule has 32 heavy (non-hydrogen) atoms. The van der Waals surface area contributed by atoms with Crippen molar-refractivity contribution in [1.82, 2.24) is 0 Å². The van der Waals surface area contributed by atoms with E-state index in [-0.39, 0.29) is 39.4 Å². The molecule has 0 bridgehead atoms. The molecule has 10 heteroatoms. The van der Waals surface area contributed by atoms with Gasteiger partial charge in [0, 0.05) is 17.7 Å². The minimum absolute atomic E-state index is 0.0122. The van der Waals surface area contributed by atoms with E-state index >= 15 is 0 Å². The first-order chi connectivity index (χ1) is 15.1. The number of ketones is 1. The Hall–Kier alpha value is -3.60. The molecule has 5 N–H and O–H groups in total. The summed E-state index contributed by atoms with van der Waals surface area (Å²) in [5.74, 6) is -2.21. The first-order valence-electron chi connectivity index (χ1n) is 9.59. The Morgan fingerprint density at radius 2 is 1.66 bits per heavy atom. The summed E-state index contributed by atoms with van der Waals surface area (Å²) < 4.78 is 16.8. The molecule has 0 unspecified atom stereocenters. The van der Waals surface area contributed by atoms with E-state index in [9.17, 15) is 35.1 Å². The predicted octanol–water partition coefficient (Wildman–Crippen LogP) is 1.34. The molecule has 0 spiro atoms. The zero-order valence-electron chi connectivity index (χ0n) is 17.0. The number of aliphatic hydroxyl groups excluding tert-OH is 2. The topological polar surface area (TPSA) is 167 Å². The molecule has 2 aromatic carbocycles. The lowest BCUT2D eigenvalue weighted by Gasteiger charge is -2.35. The number of aromatic hydroxyl groups is 3. The van der Waals surface area contributed by atoms with Gasteiger partial charge >= 0.3 is 0 Å². The van der Waals surface area contributed by atoms with E-state index in [0.717, 1.165) is 12.1 Å². The van der Waals surface area contributed by atoms with Crippen LogP contribution in [-0.4, -0.2) is 56.7 Å². The highest BCUT2D eigenvalue weighted by atomic mass is 16.5. The first kappa shape index (κ1) is 21.6. The molecule has 1 saturated heterocycles. The molecule has 1 aliphatic heterocycles. The normalized spacial score (nSPS) is 23.4. The Labute approximate surface area is 180 Å². The number of carbonyl (C=O) groups is 1. The van der Waals surface area contributed by atoms with E-state index in [2.05, 4.69) is 0 Å². The van der Waals surface area contributed by atoms with Crippen LogP contribution in [0.3, 0.4) is 0 Å². The number of carbonyl (C=O) groups excluding carboxylic acids is 1. The molecule has 4 atom stereocenters. The van der Waals surface area contributed by atoms with Crippen molar-refractivity contribution in [2.75, 3.05) is 7.11 Å². The number of phenols is 3. The van der Waals surface area contributed by atoms with Crippen LogP contribution in [0.1, 0.15) is 18.6 Å². The maximum absolute atomic E-state index is 12.9. The lowest BCUT2D eigenvalue weighted by atomic mass is 9.91. The molecule has 1 aromatic heterocycles. The average molecular weight is 444 g/mol. The number of ether oxygens (including phenoxy) is 2. The summed E-state index contributed by atoms with van der Waals surface area (Å²) in [6.45, 7) is 1.44. The van der Waals surface area contributed by atoms with Crippen molar-refractivity contribution < 1.29 is 44.2 Å². The molecular formula is C22H20O10. The molecule has 168 valence electrons. The second-order valence-electron chi connectivity index (χ2n) is 7.45. The molecule has 10 nitrogen and oxygen atoms in total. The molecule has 0 aliphatic carbocycles. The van der Waals surface area contributed by atoms with E-state index in [1.165, 1.54) is 32.2 Å². The van der Waals surface area contributed by atoms with Gasteiger partial charge in [0.25, 0.3) is 0 Å². The van der Waals surface area contributed by atoms with E-state index in [1.807, 2.05) is 0 Å². The number of aliphatic hydroxyl groups is 2. The molecule has 3 aromatic rings. The van der Waals surface area contributed by atoms with Crippen molar-refractivity contribution in [2.45, 2.75) is 31.3 Å². The van der Waals surface area contributed by atoms with Gasteiger partial charge in [-0.3, -0.25) is 9.59 Å². The Balaban J connectivity index is 2.02. The highest BCUT2D eigenvalue weighted by molar-refractivity contribution is 5.93. The summed E-state index contributed by atoms with van der Waals surface area (Å²) in [6.07, 6.45) is -5.69. The minimum atomic E-state index is -1.80. The van der Waals surface area contributed by atoms with Gasteiger partial charge in [-0.2, -0.15) is 0 Å². The van der Waals surface area contributed by atoms with E-state index < -0.39 is 47.1 Å². The van der Waals surface area contributed by atoms with Gasteiger partial charge in [0.2, 0.25) is 0 Å². The Bertz CT molecular complexity index is 1280. The molecule has 0 saturated carbocycles. The van der Waals surface area contributed by atoms with Crippen molar-refractivity contribution in [1.29, 1.82) is 0 Å². The number of rotatable bonds is 3. The molecule has 4 rings (SSSR count). The van der Waals surface area contributed by atoms with Crippen LogP contribution in [0.15, 0.2) is 39.5 Å². The number of hydrogen-bond acceptors (Lipinski definition) is 10. The number of fused-ring (bicyclic) bond motifs is 1. The summed E-state index contributed by atoms with van der Waals surface area (Å²) in [7, 11) is 1.28. The molecule has 0 amide bonds. The van der Waals surface area contributed by atoms with Crippen molar-refractivity contribution in [3.8, 4) is 34.3 Å². The van der Waals surface area contributed by atoms with Gasteiger partial charge in [0.15, 0.2) is 28.3 Å². The summed E-state index contributed by atoms with van der Waals surface area (Å²) in [6, 6.07) is 5.99. The molecule has 2 heterocycles. The zero-order valence-corrected chi connectivity index (χ0v) is 17.0. The minimum Gasteiger partial charge on any atom is -0.507 e. The summed E-state index contributed by atoms with van der Waals surface area (Å²) in [4.78, 5) is 25.2. The van der Waals surface area contributed by atoms with Crippen LogP contribution in [0.4, 0.5) is 0 Å². The summed E-state index contributed by atoms with van der Waals surface area (Å²) in [5.41, 5.74) is -0.642. The van der Waals surface area contributed by atoms with Gasteiger partial charge in [-0.05, 0) is 25.1 Å². The fourth-order valence-corrected chi connectivity index (χ4v) is 3.73. The number of phenolic OH excluding ortho intramolecular Hbond substituents is 3. The van der Waals surface area contributed by atoms with E-state index in [0.29, 0.717) is 0 Å². The standard InChI is InChI=1S/C22H20O10/c1-8-18(27)19(28)20(29)22(31-8)17-15(30-2)7-13(26)16-12(25)6-14(32-21(16)17)9-3-4-10(23)11(24)5-9/h3-8,18,20,22-24,26-27,29H,1-2H3/t8-,18-,20-,22+/m0/s1. The Kier molecular flexibility index (Phi) is 5.29. The predicted molar refractivity (Wildman–Crippen MR) is 110 cm³/mol. The summed E-state index contributed by atoms with van der Waals surface area (Å²) in [5, 5.41) is 50.0. The summed E-state index contributed by atoms with van der Waals surface area (Å²) >= 11 is 0. The smallest absolute Gasteiger partial charge is 0.197 e. The fourth-order valence-electron chi connectivity index (χ4n) is 3.73. The van der Waals surface area contributed by atoms with Crippen LogP contribution < -0.4 is 10.2 Å². The number of Topliss-reactive ketones (excluding diaryl/α,β-unsaturated/α-hetero) is 1. The van der Waals surface area contributed by atoms with Gasteiger partial charge in [0.1, 0.15) is 41.0 Å². The van der Waals surface area contributed by atoms with Crippen LogP contribution in [0, 0.1) is 0 Å². The maximum Gasteiger partial charge on any atom is 0.197 e. The van der Waals surface area contributed by atoms with Crippen molar-refractivity contribution in [2.24, 2.45) is 0 Å². The highest BCUT2D eigenvalue weighted by Gasteiger charge is 2.44. The Morgan fingerprint density at radius 3 is 2.31 bits per heavy atom. The first-order valence-corrected chi connectivity index (χ1v) is 9.59. The maximum atomic E-state index is 12.9. The Morgan fingerprint density at radius 1 is 0.938 bits per heavy atom. The van der Waals surface area contributed by atoms with Crippen molar-refractivity contribution in [3.63, 3.8) is 0 Å². The second-order valence-corrected chi connectivity index (χ2v) is 7.45. The molecular weight excluding hydrogens is 424 g/mol. The van der Waals surface area contributed by atoms with Gasteiger partial charge < -0.3 is 39.4 Å². The van der Waals surface area contributed by atoms with Crippen LogP contribution in [0.25, 0.3) is 22.3 Å². The third-order valence-corrected chi connectivity index (χ3v) is 5.42. The van der Waals surface area contributed by atoms with Crippen molar-refractivity contribution >= 4 is 16.8 Å². The fraction of sp³-hybridized carbons (Fsp3) is 0.273. The SMILES string of the molecule is COc1cc(O)c2c(=O)cc(-c3ccc(O)c(O)c3)oc2c1[C@H]1O[C@@H](C)[C@H](O)C(=O)[C@@H]1O. The van der Waals surface area contributed by atoms with Crippen LogP contribution in [-0.2, 0) is 9.53 Å². The number of benzene rings is 2. The lowest BCUT2D eigenvalue weighted by Crippen LogP contribution is -2.50. The van der Waals surface area contributed by atoms with Crippen LogP contribution >= 0.6 is 0 Å². The van der Waals surface area contributed by atoms with E-state index in [4.69, 9.17) is 13.9 Å². The molecule has 1 aliphatic rings. The quantitative estimate of drug-likeness (QED) is 0.372. The monoisotopic (exact) mass is 444 g/mol. The second kappa shape index (κ2) is 7.83. The van der Waals surface area contributed by atoms with Crippen LogP contribution in [0.2, 0.25) is 0 Å².